The van der Waals surface area contributed by atoms with Gasteiger partial charge in [0, 0.05) is 5.56 Å². The Labute approximate surface area is 101 Å². The number of carbonyl (C=O) groups is 1. The molecule has 0 saturated carbocycles. The Balaban J connectivity index is 2.37. The standard InChI is InChI=1S/C10H8N4O2S/c15-9(16)8-4-2-1-3-7(8)5-12-14-6-11-13-10(14)17/h1-6H,(H,13,17)(H,15,16)/b12-5+. The summed E-state index contributed by atoms with van der Waals surface area (Å²) >= 11 is 4.90. The van der Waals surface area contributed by atoms with Crippen LogP contribution in [0.15, 0.2) is 35.7 Å². The van der Waals surface area contributed by atoms with Crippen LogP contribution in [0.3, 0.4) is 0 Å². The fourth-order valence-electron chi connectivity index (χ4n) is 1.25. The zero-order valence-corrected chi connectivity index (χ0v) is 9.39. The largest absolute Gasteiger partial charge is 0.478 e. The van der Waals surface area contributed by atoms with Crippen molar-refractivity contribution in [2.45, 2.75) is 0 Å². The van der Waals surface area contributed by atoms with E-state index in [0.29, 0.717) is 10.3 Å². The number of carboxylic acids is 1. The summed E-state index contributed by atoms with van der Waals surface area (Å²) in [6.45, 7) is 0. The number of nitrogens with one attached hydrogen (secondary N) is 1. The maximum absolute atomic E-state index is 10.9. The van der Waals surface area contributed by atoms with E-state index >= 15 is 0 Å². The lowest BCUT2D eigenvalue weighted by atomic mass is 10.1. The molecule has 7 heteroatoms. The molecule has 0 unspecified atom stereocenters. The predicted molar refractivity (Wildman–Crippen MR) is 63.8 cm³/mol. The van der Waals surface area contributed by atoms with Gasteiger partial charge in [-0.3, -0.25) is 5.10 Å². The summed E-state index contributed by atoms with van der Waals surface area (Å²) in [6, 6.07) is 6.57. The van der Waals surface area contributed by atoms with Gasteiger partial charge in [-0.25, -0.2) is 4.79 Å². The number of carboxylic acid groups (broad SMARTS) is 1. The molecule has 0 aliphatic carbocycles. The molecule has 2 aromatic rings. The van der Waals surface area contributed by atoms with Gasteiger partial charge < -0.3 is 5.11 Å². The number of H-pyrrole nitrogens is 1. The van der Waals surface area contributed by atoms with E-state index in [1.165, 1.54) is 23.3 Å². The summed E-state index contributed by atoms with van der Waals surface area (Å²) in [5.41, 5.74) is 0.689. The molecular weight excluding hydrogens is 240 g/mol. The maximum atomic E-state index is 10.9. The van der Waals surface area contributed by atoms with E-state index in [-0.39, 0.29) is 5.56 Å². The molecule has 0 fully saturated rings. The number of hydrogen-bond donors (Lipinski definition) is 2. The highest BCUT2D eigenvalue weighted by atomic mass is 32.1. The average Bonchev–Trinajstić information content (AvgIpc) is 2.72. The van der Waals surface area contributed by atoms with Gasteiger partial charge in [-0.1, -0.05) is 18.2 Å². The molecule has 0 aliphatic heterocycles. The Morgan fingerprint density at radius 1 is 1.53 bits per heavy atom. The number of rotatable bonds is 3. The third-order valence-electron chi connectivity index (χ3n) is 2.05. The number of aromatic nitrogens is 3. The van der Waals surface area contributed by atoms with Crippen molar-refractivity contribution in [1.29, 1.82) is 0 Å². The van der Waals surface area contributed by atoms with Crippen LogP contribution in [-0.4, -0.2) is 32.2 Å². The van der Waals surface area contributed by atoms with Crippen molar-refractivity contribution in [1.82, 2.24) is 14.9 Å². The van der Waals surface area contributed by atoms with Crippen molar-refractivity contribution in [3.63, 3.8) is 0 Å². The molecule has 0 aliphatic rings. The van der Waals surface area contributed by atoms with E-state index in [4.69, 9.17) is 17.3 Å². The third-order valence-corrected chi connectivity index (χ3v) is 2.33. The van der Waals surface area contributed by atoms with Gasteiger partial charge in [0.15, 0.2) is 0 Å². The molecule has 1 aromatic heterocycles. The smallest absolute Gasteiger partial charge is 0.336 e. The molecule has 0 saturated heterocycles. The summed E-state index contributed by atoms with van der Waals surface area (Å²) in [6.07, 6.45) is 2.83. The Morgan fingerprint density at radius 2 is 2.29 bits per heavy atom. The van der Waals surface area contributed by atoms with Gasteiger partial charge in [0.2, 0.25) is 4.77 Å². The first-order chi connectivity index (χ1) is 8.18. The SMILES string of the molecule is O=C(O)c1ccccc1/C=N/n1cn[nH]c1=S. The number of aromatic amines is 1. The van der Waals surface area contributed by atoms with E-state index in [1.54, 1.807) is 18.2 Å². The number of aromatic carboxylic acids is 1. The van der Waals surface area contributed by atoms with Gasteiger partial charge in [-0.15, -0.1) is 0 Å². The molecule has 1 aromatic carbocycles. The van der Waals surface area contributed by atoms with Gasteiger partial charge in [-0.05, 0) is 18.3 Å². The zero-order valence-electron chi connectivity index (χ0n) is 8.57. The Bertz CT molecular complexity index is 629. The van der Waals surface area contributed by atoms with E-state index < -0.39 is 5.97 Å². The lowest BCUT2D eigenvalue weighted by Gasteiger charge is -1.98. The van der Waals surface area contributed by atoms with Gasteiger partial charge >= 0.3 is 5.97 Å². The number of nitrogens with zero attached hydrogens (tertiary/aromatic N) is 3. The Morgan fingerprint density at radius 3 is 2.94 bits per heavy atom. The number of hydrogen-bond acceptors (Lipinski definition) is 4. The van der Waals surface area contributed by atoms with Crippen LogP contribution < -0.4 is 0 Å². The summed E-state index contributed by atoms with van der Waals surface area (Å²) in [5, 5.41) is 19.2. The minimum absolute atomic E-state index is 0.186. The van der Waals surface area contributed by atoms with Crippen molar-refractivity contribution in [3.05, 3.63) is 46.5 Å². The van der Waals surface area contributed by atoms with Crippen molar-refractivity contribution < 1.29 is 9.90 Å². The molecule has 17 heavy (non-hydrogen) atoms. The maximum Gasteiger partial charge on any atom is 0.336 e. The average molecular weight is 248 g/mol. The van der Waals surface area contributed by atoms with E-state index in [9.17, 15) is 4.79 Å². The van der Waals surface area contributed by atoms with Crippen LogP contribution in [0.5, 0.6) is 0 Å². The zero-order chi connectivity index (χ0) is 12.3. The minimum Gasteiger partial charge on any atom is -0.478 e. The molecule has 0 atom stereocenters. The molecule has 2 rings (SSSR count). The summed E-state index contributed by atoms with van der Waals surface area (Å²) < 4.78 is 1.68. The van der Waals surface area contributed by atoms with Crippen molar-refractivity contribution in [2.24, 2.45) is 5.10 Å². The molecule has 6 nitrogen and oxygen atoms in total. The van der Waals surface area contributed by atoms with Crippen LogP contribution >= 0.6 is 12.2 Å². The monoisotopic (exact) mass is 248 g/mol. The van der Waals surface area contributed by atoms with Crippen molar-refractivity contribution in [2.75, 3.05) is 0 Å². The van der Waals surface area contributed by atoms with Crippen molar-refractivity contribution in [3.8, 4) is 0 Å². The van der Waals surface area contributed by atoms with Crippen LogP contribution in [0.25, 0.3) is 0 Å². The molecule has 0 radical (unpaired) electrons. The molecule has 2 N–H and O–H groups in total. The van der Waals surface area contributed by atoms with Crippen molar-refractivity contribution >= 4 is 24.4 Å². The molecule has 0 bridgehead atoms. The van der Waals surface area contributed by atoms with E-state index in [2.05, 4.69) is 15.3 Å². The van der Waals surface area contributed by atoms with Crippen LogP contribution in [-0.2, 0) is 0 Å². The van der Waals surface area contributed by atoms with Crippen LogP contribution in [0, 0.1) is 4.77 Å². The van der Waals surface area contributed by atoms with Crippen LogP contribution in [0.2, 0.25) is 0 Å². The Kier molecular flexibility index (Phi) is 3.10. The summed E-state index contributed by atoms with van der Waals surface area (Å²) in [5.74, 6) is -0.997. The van der Waals surface area contributed by atoms with Crippen LogP contribution in [0.1, 0.15) is 15.9 Å². The molecular formula is C10H8N4O2S. The second kappa shape index (κ2) is 4.71. The fraction of sp³-hybridized carbons (Fsp3) is 0. The highest BCUT2D eigenvalue weighted by molar-refractivity contribution is 7.71. The third kappa shape index (κ3) is 2.45. The normalized spacial score (nSPS) is 10.8. The van der Waals surface area contributed by atoms with E-state index in [0.717, 1.165) is 0 Å². The summed E-state index contributed by atoms with van der Waals surface area (Å²) in [7, 11) is 0. The van der Waals surface area contributed by atoms with Gasteiger partial charge in [-0.2, -0.15) is 14.9 Å². The van der Waals surface area contributed by atoms with Gasteiger partial charge in [0.25, 0.3) is 0 Å². The highest BCUT2D eigenvalue weighted by Gasteiger charge is 2.06. The van der Waals surface area contributed by atoms with Crippen LogP contribution in [0.4, 0.5) is 0 Å². The second-order valence-electron chi connectivity index (χ2n) is 3.14. The Hall–Kier alpha value is -2.28. The molecule has 1 heterocycles. The predicted octanol–water partition coefficient (Wildman–Crippen LogP) is 1.52. The first-order valence-electron chi connectivity index (χ1n) is 4.67. The second-order valence-corrected chi connectivity index (χ2v) is 3.53. The molecule has 86 valence electrons. The molecule has 0 spiro atoms. The first kappa shape index (κ1) is 11.2. The lowest BCUT2D eigenvalue weighted by molar-refractivity contribution is 0.0697. The summed E-state index contributed by atoms with van der Waals surface area (Å²) in [4.78, 5) is 10.9. The van der Waals surface area contributed by atoms with Gasteiger partial charge in [0.1, 0.15) is 6.33 Å². The minimum atomic E-state index is -0.997. The first-order valence-corrected chi connectivity index (χ1v) is 5.08. The topological polar surface area (TPSA) is 83.3 Å². The molecule has 0 amide bonds. The quantitative estimate of drug-likeness (QED) is 0.637. The fourth-order valence-corrected chi connectivity index (χ4v) is 1.40. The number of benzene rings is 1. The van der Waals surface area contributed by atoms with E-state index in [1.807, 2.05) is 0 Å². The lowest BCUT2D eigenvalue weighted by Crippen LogP contribution is -2.02. The van der Waals surface area contributed by atoms with Gasteiger partial charge in [0.05, 0.1) is 11.8 Å². The highest BCUT2D eigenvalue weighted by Crippen LogP contribution is 2.06.